The summed E-state index contributed by atoms with van der Waals surface area (Å²) in [6.07, 6.45) is 4.34. The van der Waals surface area contributed by atoms with Crippen molar-refractivity contribution in [3.8, 4) is 11.3 Å². The Morgan fingerprint density at radius 3 is 2.52 bits per heavy atom. The number of Topliss-reactive ketones (excluding diaryl/α,β-unsaturated/α-hetero) is 1. The molecule has 1 aliphatic rings. The lowest BCUT2D eigenvalue weighted by atomic mass is 9.67. The number of nitrogens with two attached hydrogens (primary N) is 1. The molecule has 0 spiro atoms. The number of aromatic nitrogens is 2. The van der Waals surface area contributed by atoms with Gasteiger partial charge in [-0.1, -0.05) is 6.92 Å². The van der Waals surface area contributed by atoms with E-state index in [0.717, 1.165) is 23.8 Å². The molecule has 1 saturated carbocycles. The van der Waals surface area contributed by atoms with Crippen LogP contribution in [0, 0.1) is 23.4 Å². The Morgan fingerprint density at radius 2 is 1.85 bits per heavy atom. The van der Waals surface area contributed by atoms with Crippen LogP contribution in [0.15, 0.2) is 42.7 Å². The minimum atomic E-state index is -1.02. The number of ketones is 1. The number of pyridine rings is 2. The number of nitrogens with zero attached hydrogens (tertiary/aromatic N) is 2. The summed E-state index contributed by atoms with van der Waals surface area (Å²) in [6, 6.07) is 5.67. The molecule has 2 aromatic heterocycles. The van der Waals surface area contributed by atoms with Crippen molar-refractivity contribution in [3.63, 3.8) is 0 Å². The molecule has 0 amide bonds. The Morgan fingerprint density at radius 1 is 1.12 bits per heavy atom. The number of hydrogen-bond donors (Lipinski definition) is 2. The number of methoxy groups -OCH3 is 1. The fourth-order valence-electron chi connectivity index (χ4n) is 5.21. The Kier molecular flexibility index (Phi) is 9.35. The molecular formula is C30H34F3N3O4. The molecule has 0 bridgehead atoms. The van der Waals surface area contributed by atoms with Crippen molar-refractivity contribution in [3.05, 3.63) is 82.6 Å². The van der Waals surface area contributed by atoms with Crippen LogP contribution in [0.3, 0.4) is 0 Å². The van der Waals surface area contributed by atoms with Gasteiger partial charge in [0.2, 0.25) is 0 Å². The molecule has 0 radical (unpaired) electrons. The zero-order valence-electron chi connectivity index (χ0n) is 22.8. The second-order valence-corrected chi connectivity index (χ2v) is 10.6. The highest BCUT2D eigenvalue weighted by Crippen LogP contribution is 2.42. The lowest BCUT2D eigenvalue weighted by Gasteiger charge is -2.44. The molecule has 10 heteroatoms. The summed E-state index contributed by atoms with van der Waals surface area (Å²) in [7, 11) is 1.51. The monoisotopic (exact) mass is 557 g/mol. The summed E-state index contributed by atoms with van der Waals surface area (Å²) in [5.41, 5.74) is 5.68. The largest absolute Gasteiger partial charge is 0.388 e. The predicted octanol–water partition coefficient (Wildman–Crippen LogP) is 4.74. The molecule has 0 saturated heterocycles. The first kappa shape index (κ1) is 29.8. The van der Waals surface area contributed by atoms with Gasteiger partial charge in [-0.05, 0) is 78.6 Å². The summed E-state index contributed by atoms with van der Waals surface area (Å²) in [6.45, 7) is 4.20. The first-order valence-electron chi connectivity index (χ1n) is 13.2. The van der Waals surface area contributed by atoms with Gasteiger partial charge < -0.3 is 20.3 Å². The third kappa shape index (κ3) is 6.41. The Labute approximate surface area is 231 Å². The van der Waals surface area contributed by atoms with E-state index in [9.17, 15) is 23.1 Å². The fraction of sp³-hybridized carbons (Fsp3) is 0.433. The summed E-state index contributed by atoms with van der Waals surface area (Å²) < 4.78 is 54.8. The molecule has 1 fully saturated rings. The molecule has 7 nitrogen and oxygen atoms in total. The van der Waals surface area contributed by atoms with Crippen molar-refractivity contribution in [2.75, 3.05) is 20.3 Å². The van der Waals surface area contributed by atoms with Crippen LogP contribution in [-0.2, 0) is 22.5 Å². The summed E-state index contributed by atoms with van der Waals surface area (Å²) in [5, 5.41) is 10.7. The normalized spacial score (nSPS) is 22.9. The Bertz CT molecular complexity index is 1330. The lowest BCUT2D eigenvalue weighted by molar-refractivity contribution is -0.0464. The van der Waals surface area contributed by atoms with Crippen LogP contribution >= 0.6 is 0 Å². The molecule has 1 aromatic carbocycles. The summed E-state index contributed by atoms with van der Waals surface area (Å²) >= 11 is 0. The third-order valence-electron chi connectivity index (χ3n) is 7.83. The van der Waals surface area contributed by atoms with Crippen molar-refractivity contribution >= 4 is 5.78 Å². The van der Waals surface area contributed by atoms with Gasteiger partial charge in [-0.3, -0.25) is 9.78 Å². The Balaban J connectivity index is 1.57. The third-order valence-corrected chi connectivity index (χ3v) is 7.83. The van der Waals surface area contributed by atoms with E-state index < -0.39 is 46.1 Å². The molecule has 0 unspecified atom stereocenters. The van der Waals surface area contributed by atoms with Crippen LogP contribution in [-0.4, -0.2) is 52.8 Å². The highest BCUT2D eigenvalue weighted by Gasteiger charge is 2.42. The zero-order chi connectivity index (χ0) is 29.0. The topological polar surface area (TPSA) is 108 Å². The van der Waals surface area contributed by atoms with Crippen molar-refractivity contribution in [1.82, 2.24) is 9.97 Å². The SMILES string of the molecule is COCCOCc1cc(F)c(-c2nc(C(=O)Cc3cnccc3[C@H]3C[C@@H](N)[C@](C)(O)[C@@H](C)C3)ccc2F)c(F)c1. The molecule has 0 aliphatic heterocycles. The van der Waals surface area contributed by atoms with E-state index in [2.05, 4.69) is 9.97 Å². The number of carbonyl (C=O) groups excluding carboxylic acids is 1. The first-order valence-corrected chi connectivity index (χ1v) is 13.2. The lowest BCUT2D eigenvalue weighted by Crippen LogP contribution is -2.54. The van der Waals surface area contributed by atoms with E-state index in [4.69, 9.17) is 15.2 Å². The maximum Gasteiger partial charge on any atom is 0.185 e. The minimum Gasteiger partial charge on any atom is -0.388 e. The molecule has 40 heavy (non-hydrogen) atoms. The molecule has 1 aliphatic carbocycles. The van der Waals surface area contributed by atoms with Gasteiger partial charge in [0, 0.05) is 32.0 Å². The summed E-state index contributed by atoms with van der Waals surface area (Å²) in [4.78, 5) is 21.5. The number of halogens is 3. The van der Waals surface area contributed by atoms with Crippen LogP contribution < -0.4 is 5.73 Å². The highest BCUT2D eigenvalue weighted by molar-refractivity contribution is 5.96. The van der Waals surface area contributed by atoms with Crippen LogP contribution in [0.5, 0.6) is 0 Å². The zero-order valence-corrected chi connectivity index (χ0v) is 22.8. The van der Waals surface area contributed by atoms with Gasteiger partial charge in [0.1, 0.15) is 28.8 Å². The van der Waals surface area contributed by atoms with E-state index in [1.54, 1.807) is 19.3 Å². The second kappa shape index (κ2) is 12.6. The first-order chi connectivity index (χ1) is 19.0. The molecule has 3 aromatic rings. The highest BCUT2D eigenvalue weighted by atomic mass is 19.1. The van der Waals surface area contributed by atoms with E-state index in [1.807, 2.05) is 13.0 Å². The molecule has 3 N–H and O–H groups in total. The van der Waals surface area contributed by atoms with Gasteiger partial charge in [0.25, 0.3) is 0 Å². The van der Waals surface area contributed by atoms with Crippen molar-refractivity contribution in [2.45, 2.75) is 57.3 Å². The van der Waals surface area contributed by atoms with Gasteiger partial charge >= 0.3 is 0 Å². The number of aliphatic hydroxyl groups is 1. The molecule has 4 atom stereocenters. The van der Waals surface area contributed by atoms with E-state index in [-0.39, 0.29) is 42.7 Å². The van der Waals surface area contributed by atoms with Crippen LogP contribution in [0.2, 0.25) is 0 Å². The van der Waals surface area contributed by atoms with Crippen molar-refractivity contribution in [1.29, 1.82) is 0 Å². The Hall–Kier alpha value is -3.18. The quantitative estimate of drug-likeness (QED) is 0.274. The number of ether oxygens (including phenoxy) is 2. The maximum absolute atomic E-state index is 15.0. The minimum absolute atomic E-state index is 0.00736. The molecule has 2 heterocycles. The molecule has 214 valence electrons. The van der Waals surface area contributed by atoms with Gasteiger partial charge in [0.05, 0.1) is 31.0 Å². The average Bonchev–Trinajstić information content (AvgIpc) is 2.90. The van der Waals surface area contributed by atoms with Gasteiger partial charge in [-0.15, -0.1) is 0 Å². The van der Waals surface area contributed by atoms with Crippen molar-refractivity contribution < 1.29 is 32.5 Å². The van der Waals surface area contributed by atoms with Gasteiger partial charge in [-0.25, -0.2) is 18.2 Å². The average molecular weight is 558 g/mol. The predicted molar refractivity (Wildman–Crippen MR) is 143 cm³/mol. The maximum atomic E-state index is 15.0. The van der Waals surface area contributed by atoms with E-state index in [1.165, 1.54) is 13.2 Å². The van der Waals surface area contributed by atoms with Crippen LogP contribution in [0.4, 0.5) is 13.2 Å². The van der Waals surface area contributed by atoms with E-state index in [0.29, 0.717) is 25.0 Å². The second-order valence-electron chi connectivity index (χ2n) is 10.6. The summed E-state index contributed by atoms with van der Waals surface area (Å²) in [5.74, 6) is -3.51. The number of rotatable bonds is 10. The van der Waals surface area contributed by atoms with Crippen LogP contribution in [0.1, 0.15) is 59.8 Å². The number of benzene rings is 1. The fourth-order valence-corrected chi connectivity index (χ4v) is 5.21. The number of hydrogen-bond acceptors (Lipinski definition) is 7. The van der Waals surface area contributed by atoms with Gasteiger partial charge in [-0.2, -0.15) is 0 Å². The molecule has 4 rings (SSSR count). The van der Waals surface area contributed by atoms with Crippen molar-refractivity contribution in [2.24, 2.45) is 11.7 Å². The van der Waals surface area contributed by atoms with E-state index >= 15 is 0 Å². The standard InChI is InChI=1S/C30H34F3N3O4/c1-17-10-19(14-27(34)30(17,2)38)21-6-7-35-15-20(21)13-26(37)25-5-4-22(31)29(36-25)28-23(32)11-18(12-24(28)33)16-40-9-8-39-3/h4-7,11-12,15,17,19,27,38H,8-10,13-14,16,34H2,1-3H3/t17-,19+,27+,30+/m0/s1. The van der Waals surface area contributed by atoms with Crippen LogP contribution in [0.25, 0.3) is 11.3 Å². The number of carbonyl (C=O) groups is 1. The smallest absolute Gasteiger partial charge is 0.185 e. The van der Waals surface area contributed by atoms with Gasteiger partial charge in [0.15, 0.2) is 5.78 Å². The molecular weight excluding hydrogens is 523 g/mol.